The number of likely N-dealkylation sites (tertiary alicyclic amines) is 1. The van der Waals surface area contributed by atoms with Crippen LogP contribution in [0.5, 0.6) is 0 Å². The predicted molar refractivity (Wildman–Crippen MR) is 121 cm³/mol. The molecule has 2 aromatic carbocycles. The first-order chi connectivity index (χ1) is 15.0. The van der Waals surface area contributed by atoms with Crippen molar-refractivity contribution in [1.29, 1.82) is 5.26 Å². The highest BCUT2D eigenvalue weighted by molar-refractivity contribution is 6.21. The Morgan fingerprint density at radius 2 is 1.81 bits per heavy atom. The van der Waals surface area contributed by atoms with Gasteiger partial charge in [-0.1, -0.05) is 30.3 Å². The second-order valence-electron chi connectivity index (χ2n) is 7.62. The van der Waals surface area contributed by atoms with Crippen LogP contribution in [0.3, 0.4) is 0 Å². The van der Waals surface area contributed by atoms with E-state index in [0.29, 0.717) is 11.4 Å². The smallest absolute Gasteiger partial charge is 0.277 e. The van der Waals surface area contributed by atoms with Crippen molar-refractivity contribution in [2.24, 2.45) is 0 Å². The highest BCUT2D eigenvalue weighted by Crippen LogP contribution is 2.19. The lowest BCUT2D eigenvalue weighted by Gasteiger charge is -2.32. The van der Waals surface area contributed by atoms with Gasteiger partial charge in [0.25, 0.3) is 5.91 Å². The third-order valence-corrected chi connectivity index (χ3v) is 5.32. The van der Waals surface area contributed by atoms with E-state index in [0.717, 1.165) is 37.4 Å². The average Bonchev–Trinajstić information content (AvgIpc) is 2.77. The minimum atomic E-state index is -0.659. The number of nitrogens with two attached hydrogens (primary N) is 1. The topological polar surface area (TPSA) is 102 Å². The molecule has 0 spiro atoms. The monoisotopic (exact) mass is 417 g/mol. The maximum Gasteiger partial charge on any atom is 0.277 e. The van der Waals surface area contributed by atoms with E-state index in [1.54, 1.807) is 24.3 Å². The summed E-state index contributed by atoms with van der Waals surface area (Å²) < 4.78 is 0. The summed E-state index contributed by atoms with van der Waals surface area (Å²) in [6, 6.07) is 18.8. The number of nitriles is 1. The molecule has 3 N–H and O–H groups in total. The van der Waals surface area contributed by atoms with Crippen molar-refractivity contribution in [3.63, 3.8) is 0 Å². The number of amides is 2. The number of carbonyl (C=O) groups excluding carboxylic acids is 2. The summed E-state index contributed by atoms with van der Waals surface area (Å²) in [5.41, 5.74) is 7.76. The van der Waals surface area contributed by atoms with Crippen LogP contribution in [0.4, 0.5) is 11.4 Å². The molecule has 0 aromatic heterocycles. The SMILES string of the molecule is CC(=O)N(C(=O)/C(C#N)=C\NC1CCN(Cc2ccccc2)CC1)c1ccc(N)cc1. The molecule has 31 heavy (non-hydrogen) atoms. The van der Waals surface area contributed by atoms with E-state index in [2.05, 4.69) is 22.3 Å². The van der Waals surface area contributed by atoms with Crippen LogP contribution in [0.15, 0.2) is 66.4 Å². The summed E-state index contributed by atoms with van der Waals surface area (Å²) in [5, 5.41) is 12.7. The van der Waals surface area contributed by atoms with Gasteiger partial charge in [0.1, 0.15) is 11.6 Å². The first-order valence-corrected chi connectivity index (χ1v) is 10.3. The van der Waals surface area contributed by atoms with Crippen molar-refractivity contribution in [3.8, 4) is 6.07 Å². The van der Waals surface area contributed by atoms with Gasteiger partial charge in [0, 0.05) is 44.5 Å². The second-order valence-corrected chi connectivity index (χ2v) is 7.62. The number of imide groups is 1. The van der Waals surface area contributed by atoms with Crippen molar-refractivity contribution in [2.45, 2.75) is 32.4 Å². The Morgan fingerprint density at radius 3 is 2.39 bits per heavy atom. The van der Waals surface area contributed by atoms with Gasteiger partial charge in [-0.15, -0.1) is 0 Å². The van der Waals surface area contributed by atoms with E-state index in [4.69, 9.17) is 5.73 Å². The summed E-state index contributed by atoms with van der Waals surface area (Å²) in [5.74, 6) is -1.13. The minimum absolute atomic E-state index is 0.112. The van der Waals surface area contributed by atoms with Gasteiger partial charge in [-0.25, -0.2) is 4.90 Å². The molecule has 0 atom stereocenters. The lowest BCUT2D eigenvalue weighted by Crippen LogP contribution is -2.41. The molecule has 3 rings (SSSR count). The van der Waals surface area contributed by atoms with Crippen LogP contribution in [-0.2, 0) is 16.1 Å². The standard InChI is InChI=1S/C24H27N5O2/c1-18(30)29(23-9-7-21(26)8-10-23)24(31)20(15-25)16-27-22-11-13-28(14-12-22)17-19-5-3-2-4-6-19/h2-10,16,22,27H,11-14,17,26H2,1H3/b20-16-. The summed E-state index contributed by atoms with van der Waals surface area (Å²) >= 11 is 0. The number of piperidine rings is 1. The number of nitrogen functional groups attached to an aromatic ring is 1. The number of nitrogens with one attached hydrogen (secondary N) is 1. The van der Waals surface area contributed by atoms with Gasteiger partial charge in [0.2, 0.25) is 5.91 Å². The molecule has 7 heteroatoms. The van der Waals surface area contributed by atoms with Gasteiger partial charge >= 0.3 is 0 Å². The van der Waals surface area contributed by atoms with E-state index in [-0.39, 0.29) is 11.6 Å². The number of nitrogens with zero attached hydrogens (tertiary/aromatic N) is 3. The molecule has 2 amide bonds. The normalized spacial score (nSPS) is 15.2. The molecule has 7 nitrogen and oxygen atoms in total. The van der Waals surface area contributed by atoms with Crippen LogP contribution >= 0.6 is 0 Å². The lowest BCUT2D eigenvalue weighted by atomic mass is 10.0. The molecule has 0 bridgehead atoms. The number of rotatable bonds is 6. The van der Waals surface area contributed by atoms with E-state index < -0.39 is 11.8 Å². The molecule has 0 saturated carbocycles. The number of hydrogen-bond acceptors (Lipinski definition) is 6. The molecule has 160 valence electrons. The first kappa shape index (κ1) is 22.1. The Morgan fingerprint density at radius 1 is 1.16 bits per heavy atom. The summed E-state index contributed by atoms with van der Waals surface area (Å²) in [7, 11) is 0. The third-order valence-electron chi connectivity index (χ3n) is 5.32. The Kier molecular flexibility index (Phi) is 7.41. The van der Waals surface area contributed by atoms with Gasteiger partial charge in [0.05, 0.1) is 5.69 Å². The zero-order valence-electron chi connectivity index (χ0n) is 17.6. The molecule has 1 saturated heterocycles. The molecular formula is C24H27N5O2. The Labute approximate surface area is 182 Å². The first-order valence-electron chi connectivity index (χ1n) is 10.3. The van der Waals surface area contributed by atoms with Crippen LogP contribution in [0.25, 0.3) is 0 Å². The zero-order valence-corrected chi connectivity index (χ0v) is 17.6. The van der Waals surface area contributed by atoms with Gasteiger partial charge in [-0.3, -0.25) is 14.5 Å². The largest absolute Gasteiger partial charge is 0.399 e. The van der Waals surface area contributed by atoms with E-state index in [9.17, 15) is 14.9 Å². The highest BCUT2D eigenvalue weighted by Gasteiger charge is 2.25. The highest BCUT2D eigenvalue weighted by atomic mass is 16.2. The molecule has 1 aliphatic heterocycles. The minimum Gasteiger partial charge on any atom is -0.399 e. The predicted octanol–water partition coefficient (Wildman–Crippen LogP) is 2.81. The number of hydrogen-bond donors (Lipinski definition) is 2. The second kappa shape index (κ2) is 10.4. The van der Waals surface area contributed by atoms with Gasteiger partial charge in [0.15, 0.2) is 0 Å². The zero-order chi connectivity index (χ0) is 22.2. The fourth-order valence-electron chi connectivity index (χ4n) is 3.63. The number of carbonyl (C=O) groups is 2. The van der Waals surface area contributed by atoms with Gasteiger partial charge in [-0.05, 0) is 42.7 Å². The molecule has 2 aromatic rings. The van der Waals surface area contributed by atoms with Crippen LogP contribution < -0.4 is 16.0 Å². The van der Waals surface area contributed by atoms with E-state index in [1.165, 1.54) is 18.7 Å². The number of benzene rings is 2. The summed E-state index contributed by atoms with van der Waals surface area (Å²) in [6.07, 6.45) is 3.25. The van der Waals surface area contributed by atoms with Gasteiger partial charge in [-0.2, -0.15) is 5.26 Å². The molecule has 0 radical (unpaired) electrons. The van der Waals surface area contributed by atoms with Crippen molar-refractivity contribution >= 4 is 23.2 Å². The number of anilines is 2. The molecular weight excluding hydrogens is 390 g/mol. The van der Waals surface area contributed by atoms with Crippen molar-refractivity contribution in [2.75, 3.05) is 23.7 Å². The summed E-state index contributed by atoms with van der Waals surface area (Å²) in [6.45, 7) is 4.07. The summed E-state index contributed by atoms with van der Waals surface area (Å²) in [4.78, 5) is 28.3. The molecule has 0 unspecified atom stereocenters. The fourth-order valence-corrected chi connectivity index (χ4v) is 3.63. The maximum atomic E-state index is 12.9. The lowest BCUT2D eigenvalue weighted by molar-refractivity contribution is -0.123. The molecule has 1 heterocycles. The van der Waals surface area contributed by atoms with Crippen LogP contribution in [0, 0.1) is 11.3 Å². The van der Waals surface area contributed by atoms with Crippen LogP contribution in [0.1, 0.15) is 25.3 Å². The van der Waals surface area contributed by atoms with Gasteiger partial charge < -0.3 is 11.1 Å². The Bertz CT molecular complexity index is 971. The molecule has 1 fully saturated rings. The van der Waals surface area contributed by atoms with Crippen molar-refractivity contribution in [3.05, 3.63) is 71.9 Å². The van der Waals surface area contributed by atoms with Crippen molar-refractivity contribution < 1.29 is 9.59 Å². The maximum absolute atomic E-state index is 12.9. The Balaban J connectivity index is 1.60. The van der Waals surface area contributed by atoms with Crippen molar-refractivity contribution in [1.82, 2.24) is 10.2 Å². The third kappa shape index (κ3) is 5.93. The quantitative estimate of drug-likeness (QED) is 0.426. The van der Waals surface area contributed by atoms with E-state index in [1.807, 2.05) is 24.3 Å². The van der Waals surface area contributed by atoms with E-state index >= 15 is 0 Å². The molecule has 0 aliphatic carbocycles. The van der Waals surface area contributed by atoms with Crippen LogP contribution in [0.2, 0.25) is 0 Å². The van der Waals surface area contributed by atoms with Crippen LogP contribution in [-0.4, -0.2) is 35.8 Å². The Hall–Kier alpha value is -3.63. The fraction of sp³-hybridized carbons (Fsp3) is 0.292. The molecule has 1 aliphatic rings. The average molecular weight is 418 g/mol.